The van der Waals surface area contributed by atoms with Crippen LogP contribution in [0.5, 0.6) is 0 Å². The van der Waals surface area contributed by atoms with Crippen LogP contribution in [0, 0.1) is 17.8 Å². The first-order valence-corrected chi connectivity index (χ1v) is 8.47. The first-order valence-electron chi connectivity index (χ1n) is 7.59. The SMILES string of the molecule is CC1CCC(C(C)C)C(N)(c2nc(C(C)C)cs2)C1. The topological polar surface area (TPSA) is 38.9 Å². The molecule has 0 aliphatic heterocycles. The van der Waals surface area contributed by atoms with E-state index in [1.165, 1.54) is 23.5 Å². The number of hydrogen-bond acceptors (Lipinski definition) is 3. The molecule has 1 aliphatic rings. The third-order valence-electron chi connectivity index (χ3n) is 4.63. The summed E-state index contributed by atoms with van der Waals surface area (Å²) in [4.78, 5) is 4.87. The number of rotatable bonds is 3. The highest BCUT2D eigenvalue weighted by molar-refractivity contribution is 7.09. The molecule has 0 bridgehead atoms. The molecule has 108 valence electrons. The minimum absolute atomic E-state index is 0.205. The summed E-state index contributed by atoms with van der Waals surface area (Å²) in [6.45, 7) is 11.3. The van der Waals surface area contributed by atoms with E-state index < -0.39 is 0 Å². The van der Waals surface area contributed by atoms with Crippen molar-refractivity contribution in [3.05, 3.63) is 16.1 Å². The van der Waals surface area contributed by atoms with E-state index in [1.54, 1.807) is 11.3 Å². The van der Waals surface area contributed by atoms with Gasteiger partial charge in [0.2, 0.25) is 0 Å². The van der Waals surface area contributed by atoms with Crippen LogP contribution in [0.3, 0.4) is 0 Å². The summed E-state index contributed by atoms with van der Waals surface area (Å²) in [6, 6.07) is 0. The second kappa shape index (κ2) is 5.53. The van der Waals surface area contributed by atoms with Crippen LogP contribution in [-0.4, -0.2) is 4.98 Å². The average Bonchev–Trinajstić information content (AvgIpc) is 2.77. The van der Waals surface area contributed by atoms with Gasteiger partial charge >= 0.3 is 0 Å². The van der Waals surface area contributed by atoms with Crippen LogP contribution in [0.15, 0.2) is 5.38 Å². The molecule has 2 nitrogen and oxygen atoms in total. The molecule has 2 rings (SSSR count). The lowest BCUT2D eigenvalue weighted by Gasteiger charge is -2.44. The molecule has 3 heteroatoms. The fraction of sp³-hybridized carbons (Fsp3) is 0.812. The van der Waals surface area contributed by atoms with E-state index >= 15 is 0 Å². The summed E-state index contributed by atoms with van der Waals surface area (Å²) in [5, 5.41) is 3.37. The molecule has 0 aromatic carbocycles. The molecule has 1 fully saturated rings. The van der Waals surface area contributed by atoms with Crippen LogP contribution in [0.2, 0.25) is 0 Å². The van der Waals surface area contributed by atoms with E-state index in [1.807, 2.05) is 0 Å². The largest absolute Gasteiger partial charge is 0.319 e. The summed E-state index contributed by atoms with van der Waals surface area (Å²) >= 11 is 1.77. The van der Waals surface area contributed by atoms with Crippen molar-refractivity contribution in [3.8, 4) is 0 Å². The first kappa shape index (κ1) is 15.0. The van der Waals surface area contributed by atoms with Gasteiger partial charge in [-0.2, -0.15) is 0 Å². The molecule has 3 atom stereocenters. The normalized spacial score (nSPS) is 32.2. The molecule has 3 unspecified atom stereocenters. The number of nitrogens with zero attached hydrogens (tertiary/aromatic N) is 1. The van der Waals surface area contributed by atoms with Crippen LogP contribution in [-0.2, 0) is 5.54 Å². The highest BCUT2D eigenvalue weighted by atomic mass is 32.1. The van der Waals surface area contributed by atoms with E-state index in [2.05, 4.69) is 40.0 Å². The van der Waals surface area contributed by atoms with Crippen LogP contribution in [0.1, 0.15) is 70.5 Å². The second-order valence-electron chi connectivity index (χ2n) is 7.01. The Hall–Kier alpha value is -0.410. The smallest absolute Gasteiger partial charge is 0.113 e. The van der Waals surface area contributed by atoms with Crippen LogP contribution >= 0.6 is 11.3 Å². The zero-order chi connectivity index (χ0) is 14.2. The predicted molar refractivity (Wildman–Crippen MR) is 83.4 cm³/mol. The summed E-state index contributed by atoms with van der Waals surface area (Å²) in [5.41, 5.74) is 7.87. The van der Waals surface area contributed by atoms with Crippen molar-refractivity contribution < 1.29 is 0 Å². The maximum atomic E-state index is 6.88. The Labute approximate surface area is 121 Å². The molecule has 0 spiro atoms. The Morgan fingerprint density at radius 1 is 1.32 bits per heavy atom. The van der Waals surface area contributed by atoms with Crippen LogP contribution in [0.4, 0.5) is 0 Å². The van der Waals surface area contributed by atoms with E-state index in [9.17, 15) is 0 Å². The van der Waals surface area contributed by atoms with Crippen molar-refractivity contribution in [2.45, 2.75) is 65.3 Å². The van der Waals surface area contributed by atoms with Gasteiger partial charge in [0, 0.05) is 5.38 Å². The molecule has 1 aromatic rings. The number of aromatic nitrogens is 1. The van der Waals surface area contributed by atoms with Gasteiger partial charge in [0.05, 0.1) is 11.2 Å². The van der Waals surface area contributed by atoms with Gasteiger partial charge in [0.1, 0.15) is 5.01 Å². The fourth-order valence-electron chi connectivity index (χ4n) is 3.49. The summed E-state index contributed by atoms with van der Waals surface area (Å²) < 4.78 is 0. The Bertz CT molecular complexity index is 424. The van der Waals surface area contributed by atoms with Gasteiger partial charge in [-0.1, -0.05) is 41.0 Å². The second-order valence-corrected chi connectivity index (χ2v) is 7.87. The molecule has 0 saturated heterocycles. The average molecular weight is 280 g/mol. The molecular formula is C16H28N2S. The fourth-order valence-corrected chi connectivity index (χ4v) is 4.66. The quantitative estimate of drug-likeness (QED) is 0.884. The molecule has 1 heterocycles. The van der Waals surface area contributed by atoms with Crippen molar-refractivity contribution in [1.29, 1.82) is 0 Å². The molecule has 19 heavy (non-hydrogen) atoms. The molecule has 0 radical (unpaired) electrons. The minimum atomic E-state index is -0.205. The maximum Gasteiger partial charge on any atom is 0.113 e. The van der Waals surface area contributed by atoms with Gasteiger partial charge in [-0.3, -0.25) is 0 Å². The number of hydrogen-bond donors (Lipinski definition) is 1. The lowest BCUT2D eigenvalue weighted by molar-refractivity contribution is 0.108. The lowest BCUT2D eigenvalue weighted by Crippen LogP contribution is -2.50. The molecule has 1 aromatic heterocycles. The van der Waals surface area contributed by atoms with E-state index in [-0.39, 0.29) is 5.54 Å². The first-order chi connectivity index (χ1) is 8.84. The van der Waals surface area contributed by atoms with Gasteiger partial charge in [0.25, 0.3) is 0 Å². The van der Waals surface area contributed by atoms with E-state index in [0.29, 0.717) is 23.7 Å². The van der Waals surface area contributed by atoms with Crippen LogP contribution in [0.25, 0.3) is 0 Å². The van der Waals surface area contributed by atoms with Crippen molar-refractivity contribution in [2.24, 2.45) is 23.5 Å². The van der Waals surface area contributed by atoms with Crippen molar-refractivity contribution in [3.63, 3.8) is 0 Å². The molecule has 1 aliphatic carbocycles. The maximum absolute atomic E-state index is 6.88. The van der Waals surface area contributed by atoms with Crippen molar-refractivity contribution in [2.75, 3.05) is 0 Å². The Morgan fingerprint density at radius 3 is 2.53 bits per heavy atom. The predicted octanol–water partition coefficient (Wildman–Crippen LogP) is 4.51. The highest BCUT2D eigenvalue weighted by Gasteiger charge is 2.44. The van der Waals surface area contributed by atoms with Crippen LogP contribution < -0.4 is 5.73 Å². The van der Waals surface area contributed by atoms with E-state index in [0.717, 1.165) is 6.42 Å². The standard InChI is InChI=1S/C16H28N2S/c1-10(2)13-7-6-12(5)8-16(13,17)15-18-14(9-19-15)11(3)4/h9-13H,6-8,17H2,1-5H3. The third kappa shape index (κ3) is 2.87. The Morgan fingerprint density at radius 2 is 2.00 bits per heavy atom. The van der Waals surface area contributed by atoms with Gasteiger partial charge in [0.15, 0.2) is 0 Å². The monoisotopic (exact) mass is 280 g/mol. The minimum Gasteiger partial charge on any atom is -0.319 e. The Balaban J connectivity index is 2.34. The summed E-state index contributed by atoms with van der Waals surface area (Å²) in [5.74, 6) is 2.40. The zero-order valence-electron chi connectivity index (χ0n) is 12.9. The summed E-state index contributed by atoms with van der Waals surface area (Å²) in [6.07, 6.45) is 3.64. The van der Waals surface area contributed by atoms with Crippen molar-refractivity contribution >= 4 is 11.3 Å². The molecule has 2 N–H and O–H groups in total. The van der Waals surface area contributed by atoms with E-state index in [4.69, 9.17) is 10.7 Å². The Kier molecular flexibility index (Phi) is 4.36. The lowest BCUT2D eigenvalue weighted by atomic mass is 9.65. The van der Waals surface area contributed by atoms with Gasteiger partial charge in [-0.05, 0) is 36.5 Å². The van der Waals surface area contributed by atoms with Gasteiger partial charge in [-0.25, -0.2) is 4.98 Å². The molecule has 1 saturated carbocycles. The summed E-state index contributed by atoms with van der Waals surface area (Å²) in [7, 11) is 0. The van der Waals surface area contributed by atoms with Gasteiger partial charge < -0.3 is 5.73 Å². The molecule has 0 amide bonds. The number of thiazole rings is 1. The molecular weight excluding hydrogens is 252 g/mol. The third-order valence-corrected chi connectivity index (χ3v) is 5.69. The van der Waals surface area contributed by atoms with Gasteiger partial charge in [-0.15, -0.1) is 11.3 Å². The highest BCUT2D eigenvalue weighted by Crippen LogP contribution is 2.46. The zero-order valence-corrected chi connectivity index (χ0v) is 13.8. The van der Waals surface area contributed by atoms with Crippen molar-refractivity contribution in [1.82, 2.24) is 4.98 Å². The number of nitrogens with two attached hydrogens (primary N) is 1.